The fourth-order valence-corrected chi connectivity index (χ4v) is 1.86. The predicted octanol–water partition coefficient (Wildman–Crippen LogP) is 2.20. The van der Waals surface area contributed by atoms with E-state index in [4.69, 9.17) is 15.5 Å². The van der Waals surface area contributed by atoms with Crippen molar-refractivity contribution >= 4 is 30.6 Å². The zero-order valence-electron chi connectivity index (χ0n) is 9.34. The van der Waals surface area contributed by atoms with E-state index in [2.05, 4.69) is 4.74 Å². The summed E-state index contributed by atoms with van der Waals surface area (Å²) < 4.78 is 9.49. The van der Waals surface area contributed by atoms with E-state index < -0.39 is 7.63 Å². The molecule has 0 heterocycles. The number of ether oxygens (including phenoxy) is 1. The molecule has 0 rings (SSSR count). The smallest absolute Gasteiger partial charge is 0.345 e. The summed E-state index contributed by atoms with van der Waals surface area (Å²) in [6.45, 7) is 3.47. The van der Waals surface area contributed by atoms with Gasteiger partial charge in [-0.15, -0.1) is 11.1 Å². The molecule has 0 unspecified atom stereocenters. The number of esters is 1. The second kappa shape index (κ2) is 6.84. The highest BCUT2D eigenvalue weighted by Crippen LogP contribution is 2.12. The minimum atomic E-state index is -2.28. The van der Waals surface area contributed by atoms with Crippen LogP contribution in [0.2, 0.25) is 13.1 Å². The molecule has 15 heavy (non-hydrogen) atoms. The van der Waals surface area contributed by atoms with Gasteiger partial charge in [0.2, 0.25) is 0 Å². The van der Waals surface area contributed by atoms with Crippen LogP contribution in [0.1, 0.15) is 25.7 Å². The van der Waals surface area contributed by atoms with Gasteiger partial charge in [-0.2, -0.15) is 0 Å². The standard InChI is InChI=1S/C9H17ClO4Si/c1-13-8(11)6-4-5-7-9(12)14-15(2,3)10/h4-7H2,1-3H3. The normalized spacial score (nSPS) is 10.9. The fraction of sp³-hybridized carbons (Fsp3) is 0.778. The molecule has 0 aliphatic carbocycles. The van der Waals surface area contributed by atoms with E-state index in [0.29, 0.717) is 25.7 Å². The molecule has 0 spiro atoms. The van der Waals surface area contributed by atoms with E-state index in [1.54, 1.807) is 13.1 Å². The van der Waals surface area contributed by atoms with E-state index in [1.807, 2.05) is 0 Å². The highest BCUT2D eigenvalue weighted by Gasteiger charge is 2.23. The van der Waals surface area contributed by atoms with E-state index in [-0.39, 0.29) is 11.9 Å². The Morgan fingerprint density at radius 1 is 1.13 bits per heavy atom. The number of carbonyl (C=O) groups is 2. The van der Waals surface area contributed by atoms with Gasteiger partial charge in [0.15, 0.2) is 0 Å². The topological polar surface area (TPSA) is 52.6 Å². The van der Waals surface area contributed by atoms with Crippen LogP contribution < -0.4 is 0 Å². The molecule has 0 aromatic heterocycles. The van der Waals surface area contributed by atoms with E-state index in [9.17, 15) is 9.59 Å². The van der Waals surface area contributed by atoms with Gasteiger partial charge in [-0.25, -0.2) is 0 Å². The van der Waals surface area contributed by atoms with Gasteiger partial charge in [0.1, 0.15) is 0 Å². The van der Waals surface area contributed by atoms with Gasteiger partial charge in [-0.05, 0) is 25.9 Å². The third kappa shape index (κ3) is 9.74. The maximum absolute atomic E-state index is 11.2. The van der Waals surface area contributed by atoms with Crippen LogP contribution in [-0.2, 0) is 18.8 Å². The highest BCUT2D eigenvalue weighted by atomic mass is 35.6. The Hall–Kier alpha value is -0.553. The van der Waals surface area contributed by atoms with Crippen molar-refractivity contribution in [2.24, 2.45) is 0 Å². The van der Waals surface area contributed by atoms with Crippen LogP contribution in [0.25, 0.3) is 0 Å². The molecule has 4 nitrogen and oxygen atoms in total. The van der Waals surface area contributed by atoms with Gasteiger partial charge in [0, 0.05) is 12.8 Å². The van der Waals surface area contributed by atoms with E-state index in [1.165, 1.54) is 7.11 Å². The van der Waals surface area contributed by atoms with Crippen molar-refractivity contribution in [2.45, 2.75) is 38.8 Å². The lowest BCUT2D eigenvalue weighted by Crippen LogP contribution is -2.26. The molecule has 0 radical (unpaired) electrons. The van der Waals surface area contributed by atoms with E-state index in [0.717, 1.165) is 0 Å². The Labute approximate surface area is 95.7 Å². The summed E-state index contributed by atoms with van der Waals surface area (Å²) in [6.07, 6.45) is 1.90. The molecule has 0 amide bonds. The average molecular weight is 253 g/mol. The molecule has 0 atom stereocenters. The lowest BCUT2D eigenvalue weighted by molar-refractivity contribution is -0.141. The van der Waals surface area contributed by atoms with Gasteiger partial charge in [-0.3, -0.25) is 9.59 Å². The van der Waals surface area contributed by atoms with Crippen LogP contribution in [0.4, 0.5) is 0 Å². The van der Waals surface area contributed by atoms with Gasteiger partial charge in [-0.1, -0.05) is 0 Å². The molecule has 0 aliphatic rings. The molecule has 0 N–H and O–H groups in total. The summed E-state index contributed by atoms with van der Waals surface area (Å²) in [5.74, 6) is -0.540. The molecular weight excluding hydrogens is 236 g/mol. The first-order chi connectivity index (χ1) is 6.85. The lowest BCUT2D eigenvalue weighted by Gasteiger charge is -2.14. The van der Waals surface area contributed by atoms with Crippen LogP contribution in [-0.4, -0.2) is 26.7 Å². The number of carbonyl (C=O) groups excluding carboxylic acids is 2. The van der Waals surface area contributed by atoms with Gasteiger partial charge in [0.05, 0.1) is 7.11 Å². The summed E-state index contributed by atoms with van der Waals surface area (Å²) >= 11 is 5.84. The third-order valence-corrected chi connectivity index (χ3v) is 2.54. The molecular formula is C9H17ClO4Si. The number of hydrogen-bond donors (Lipinski definition) is 0. The van der Waals surface area contributed by atoms with Gasteiger partial charge >= 0.3 is 13.6 Å². The second-order valence-electron chi connectivity index (χ2n) is 3.62. The van der Waals surface area contributed by atoms with Crippen LogP contribution in [0.15, 0.2) is 0 Å². The zero-order chi connectivity index (χ0) is 11.9. The predicted molar refractivity (Wildman–Crippen MR) is 59.9 cm³/mol. The monoisotopic (exact) mass is 252 g/mol. The summed E-state index contributed by atoms with van der Waals surface area (Å²) in [4.78, 5) is 21.9. The molecule has 0 saturated heterocycles. The third-order valence-electron chi connectivity index (χ3n) is 1.60. The minimum absolute atomic E-state index is 0.254. The van der Waals surface area contributed by atoms with Crippen molar-refractivity contribution in [3.63, 3.8) is 0 Å². The van der Waals surface area contributed by atoms with E-state index >= 15 is 0 Å². The Morgan fingerprint density at radius 2 is 1.60 bits per heavy atom. The molecule has 0 aromatic carbocycles. The quantitative estimate of drug-likeness (QED) is 0.315. The molecule has 0 fully saturated rings. The molecule has 88 valence electrons. The lowest BCUT2D eigenvalue weighted by atomic mass is 10.2. The molecule has 6 heteroatoms. The van der Waals surface area contributed by atoms with Crippen LogP contribution in [0, 0.1) is 0 Å². The summed E-state index contributed by atoms with van der Waals surface area (Å²) in [5.41, 5.74) is 0. The SMILES string of the molecule is COC(=O)CCCCC(=O)O[Si](C)(C)Cl. The first-order valence-corrected chi connectivity index (χ1v) is 8.75. The highest BCUT2D eigenvalue weighted by molar-refractivity contribution is 7.15. The molecule has 0 aromatic rings. The Bertz CT molecular complexity index is 225. The Morgan fingerprint density at radius 3 is 2.00 bits per heavy atom. The molecule has 0 aliphatic heterocycles. The van der Waals surface area contributed by atoms with Crippen molar-refractivity contribution in [3.05, 3.63) is 0 Å². The summed E-state index contributed by atoms with van der Waals surface area (Å²) in [7, 11) is -0.933. The Kier molecular flexibility index (Phi) is 6.59. The molecule has 0 bridgehead atoms. The van der Waals surface area contributed by atoms with Crippen LogP contribution in [0.3, 0.4) is 0 Å². The van der Waals surface area contributed by atoms with Crippen molar-refractivity contribution in [3.8, 4) is 0 Å². The first-order valence-electron chi connectivity index (χ1n) is 4.82. The fourth-order valence-electron chi connectivity index (χ4n) is 0.962. The number of halogens is 1. The number of methoxy groups -OCH3 is 1. The number of rotatable bonds is 6. The second-order valence-corrected chi connectivity index (χ2v) is 9.28. The average Bonchev–Trinajstić information content (AvgIpc) is 2.09. The summed E-state index contributed by atoms with van der Waals surface area (Å²) in [6, 6.07) is 0. The van der Waals surface area contributed by atoms with Gasteiger partial charge in [0.25, 0.3) is 5.97 Å². The van der Waals surface area contributed by atoms with Crippen molar-refractivity contribution in [1.82, 2.24) is 0 Å². The maximum atomic E-state index is 11.2. The Balaban J connectivity index is 3.52. The van der Waals surface area contributed by atoms with Gasteiger partial charge < -0.3 is 9.16 Å². The minimum Gasteiger partial charge on any atom is -0.505 e. The largest absolute Gasteiger partial charge is 0.505 e. The van der Waals surface area contributed by atoms with Crippen molar-refractivity contribution < 1.29 is 18.8 Å². The van der Waals surface area contributed by atoms with Crippen LogP contribution >= 0.6 is 11.1 Å². The van der Waals surface area contributed by atoms with Crippen molar-refractivity contribution in [2.75, 3.05) is 7.11 Å². The van der Waals surface area contributed by atoms with Crippen molar-refractivity contribution in [1.29, 1.82) is 0 Å². The van der Waals surface area contributed by atoms with Crippen LogP contribution in [0.5, 0.6) is 0 Å². The number of hydrogen-bond acceptors (Lipinski definition) is 4. The zero-order valence-corrected chi connectivity index (χ0v) is 11.1. The first kappa shape index (κ1) is 14.4. The molecule has 0 saturated carbocycles. The number of unbranched alkanes of at least 4 members (excludes halogenated alkanes) is 1. The summed E-state index contributed by atoms with van der Waals surface area (Å²) in [5, 5.41) is 0. The maximum Gasteiger partial charge on any atom is 0.345 e.